The molecule has 0 unspecified atom stereocenters. The van der Waals surface area contributed by atoms with E-state index in [0.29, 0.717) is 17.1 Å². The number of furan rings is 1. The Labute approximate surface area is 229 Å². The Hall–Kier alpha value is -4.70. The van der Waals surface area contributed by atoms with Gasteiger partial charge >= 0.3 is 5.91 Å². The van der Waals surface area contributed by atoms with E-state index < -0.39 is 11.8 Å². The zero-order valence-corrected chi connectivity index (χ0v) is 22.3. The number of nitrogens with one attached hydrogen (secondary N) is 1. The van der Waals surface area contributed by atoms with Crippen molar-refractivity contribution in [1.29, 1.82) is 0 Å². The van der Waals surface area contributed by atoms with Crippen LogP contribution in [0.25, 0.3) is 5.69 Å². The highest BCUT2D eigenvalue weighted by atomic mass is 35.5. The van der Waals surface area contributed by atoms with E-state index in [1.807, 2.05) is 24.3 Å². The number of methoxy groups -OCH3 is 1. The fourth-order valence-corrected chi connectivity index (χ4v) is 4.09. The van der Waals surface area contributed by atoms with Gasteiger partial charge in [0.05, 0.1) is 18.3 Å². The molecule has 0 radical (unpaired) electrons. The number of hydrazone groups is 1. The van der Waals surface area contributed by atoms with Gasteiger partial charge in [-0.1, -0.05) is 11.6 Å². The molecule has 2 amide bonds. The quantitative estimate of drug-likeness (QED) is 0.208. The van der Waals surface area contributed by atoms with Gasteiger partial charge in [-0.15, -0.1) is 0 Å². The summed E-state index contributed by atoms with van der Waals surface area (Å²) in [5.41, 5.74) is 11.4. The van der Waals surface area contributed by atoms with Crippen LogP contribution in [-0.4, -0.2) is 36.3 Å². The Morgan fingerprint density at radius 2 is 1.77 bits per heavy atom. The lowest BCUT2D eigenvalue weighted by molar-refractivity contribution is -0.119. The van der Waals surface area contributed by atoms with Crippen molar-refractivity contribution in [2.45, 2.75) is 20.5 Å². The summed E-state index contributed by atoms with van der Waals surface area (Å²) in [6.07, 6.45) is 1.37. The lowest BCUT2D eigenvalue weighted by Gasteiger charge is -2.12. The van der Waals surface area contributed by atoms with Crippen LogP contribution < -0.4 is 25.4 Å². The molecule has 0 saturated carbocycles. The Kier molecular flexibility index (Phi) is 8.57. The van der Waals surface area contributed by atoms with Crippen LogP contribution >= 0.6 is 11.6 Å². The maximum atomic E-state index is 12.4. The first-order valence-electron chi connectivity index (χ1n) is 11.8. The molecule has 0 aliphatic carbocycles. The van der Waals surface area contributed by atoms with Crippen molar-refractivity contribution in [1.82, 2.24) is 9.99 Å². The number of halogens is 1. The number of nitrogens with two attached hydrogens (primary N) is 1. The summed E-state index contributed by atoms with van der Waals surface area (Å²) in [6.45, 7) is 3.92. The Morgan fingerprint density at radius 1 is 1.05 bits per heavy atom. The maximum absolute atomic E-state index is 12.4. The van der Waals surface area contributed by atoms with E-state index >= 15 is 0 Å². The molecule has 10 nitrogen and oxygen atoms in total. The molecule has 11 heteroatoms. The highest BCUT2D eigenvalue weighted by molar-refractivity contribution is 6.32. The molecular weight excluding hydrogens is 524 g/mol. The zero-order chi connectivity index (χ0) is 27.9. The number of hydrogen-bond donors (Lipinski definition) is 2. The maximum Gasteiger partial charge on any atom is 0.307 e. The van der Waals surface area contributed by atoms with Gasteiger partial charge in [-0.25, -0.2) is 5.43 Å². The topological polar surface area (TPSA) is 130 Å². The van der Waals surface area contributed by atoms with Crippen LogP contribution in [0, 0.1) is 13.8 Å². The second-order valence-electron chi connectivity index (χ2n) is 8.49. The molecule has 4 aromatic rings. The molecule has 39 heavy (non-hydrogen) atoms. The summed E-state index contributed by atoms with van der Waals surface area (Å²) in [7, 11) is 1.42. The first kappa shape index (κ1) is 27.3. The average molecular weight is 551 g/mol. The van der Waals surface area contributed by atoms with E-state index in [-0.39, 0.29) is 35.5 Å². The molecule has 202 valence electrons. The third kappa shape index (κ3) is 6.79. The largest absolute Gasteiger partial charge is 0.493 e. The summed E-state index contributed by atoms with van der Waals surface area (Å²) in [5.74, 6) is 0.482. The Balaban J connectivity index is 1.32. The molecule has 0 spiro atoms. The molecule has 4 rings (SSSR count). The third-order valence-electron chi connectivity index (χ3n) is 5.62. The Morgan fingerprint density at radius 3 is 2.44 bits per heavy atom. The van der Waals surface area contributed by atoms with Crippen LogP contribution in [0.2, 0.25) is 5.02 Å². The smallest absolute Gasteiger partial charge is 0.307 e. The van der Waals surface area contributed by atoms with Crippen molar-refractivity contribution >= 4 is 29.6 Å². The molecule has 0 saturated heterocycles. The van der Waals surface area contributed by atoms with Crippen molar-refractivity contribution in [3.8, 4) is 22.9 Å². The molecule has 0 bridgehead atoms. The summed E-state index contributed by atoms with van der Waals surface area (Å²) < 4.78 is 24.1. The van der Waals surface area contributed by atoms with Crippen LogP contribution in [0.1, 0.15) is 33.3 Å². The lowest BCUT2D eigenvalue weighted by atomic mass is 10.2. The second-order valence-corrected chi connectivity index (χ2v) is 8.90. The van der Waals surface area contributed by atoms with Gasteiger partial charge < -0.3 is 28.9 Å². The van der Waals surface area contributed by atoms with Crippen molar-refractivity contribution in [3.05, 3.63) is 94.2 Å². The van der Waals surface area contributed by atoms with Gasteiger partial charge in [0.1, 0.15) is 18.1 Å². The van der Waals surface area contributed by atoms with Gasteiger partial charge in [0, 0.05) is 17.1 Å². The van der Waals surface area contributed by atoms with Crippen molar-refractivity contribution in [3.63, 3.8) is 0 Å². The van der Waals surface area contributed by atoms with Crippen molar-refractivity contribution in [2.24, 2.45) is 10.8 Å². The van der Waals surface area contributed by atoms with Crippen molar-refractivity contribution < 1.29 is 28.2 Å². The van der Waals surface area contributed by atoms with Gasteiger partial charge in [-0.2, -0.15) is 5.10 Å². The first-order valence-corrected chi connectivity index (χ1v) is 12.2. The van der Waals surface area contributed by atoms with E-state index in [0.717, 1.165) is 17.1 Å². The minimum atomic E-state index is -0.651. The van der Waals surface area contributed by atoms with E-state index in [9.17, 15) is 9.59 Å². The summed E-state index contributed by atoms with van der Waals surface area (Å²) in [4.78, 5) is 23.4. The molecule has 2 heterocycles. The molecule has 0 aliphatic rings. The number of primary amides is 1. The highest BCUT2D eigenvalue weighted by Crippen LogP contribution is 2.36. The van der Waals surface area contributed by atoms with Crippen molar-refractivity contribution in [2.75, 3.05) is 13.7 Å². The first-order chi connectivity index (χ1) is 18.7. The normalized spacial score (nSPS) is 11.0. The summed E-state index contributed by atoms with van der Waals surface area (Å²) >= 11 is 6.22. The van der Waals surface area contributed by atoms with Crippen LogP contribution in [0.15, 0.2) is 70.2 Å². The van der Waals surface area contributed by atoms with Crippen LogP contribution in [0.3, 0.4) is 0 Å². The zero-order valence-electron chi connectivity index (χ0n) is 21.6. The minimum Gasteiger partial charge on any atom is -0.493 e. The fourth-order valence-electron chi connectivity index (χ4n) is 3.82. The number of aromatic nitrogens is 1. The molecule has 3 N–H and O–H groups in total. The van der Waals surface area contributed by atoms with Gasteiger partial charge in [-0.05, 0) is 80.1 Å². The standard InChI is InChI=1S/C28H27ClN4O6/c1-17-4-5-18(2)33(17)20-6-8-21(9-7-20)37-15-22-10-11-24(39-22)28(35)32-31-14-19-12-23(29)27(25(13-19)36-3)38-16-26(30)34/h4-14H,15-16H2,1-3H3,(H2,30,34)(H,32,35)/b31-14+. The lowest BCUT2D eigenvalue weighted by Crippen LogP contribution is -2.20. The average Bonchev–Trinajstić information content (AvgIpc) is 3.53. The number of amides is 2. The summed E-state index contributed by atoms with van der Waals surface area (Å²) in [6, 6.07) is 18.2. The van der Waals surface area contributed by atoms with Gasteiger partial charge in [0.15, 0.2) is 23.9 Å². The van der Waals surface area contributed by atoms with Gasteiger partial charge in [-0.3, -0.25) is 9.59 Å². The SMILES string of the molecule is COc1cc(/C=N/NC(=O)c2ccc(COc3ccc(-n4c(C)ccc4C)cc3)o2)cc(Cl)c1OCC(N)=O. The number of aryl methyl sites for hydroxylation is 2. The van der Waals surface area contributed by atoms with Gasteiger partial charge in [0.25, 0.3) is 5.91 Å². The number of carbonyl (C=O) groups excluding carboxylic acids is 2. The molecule has 0 aliphatic heterocycles. The monoisotopic (exact) mass is 550 g/mol. The molecular formula is C28H27ClN4O6. The Bertz CT molecular complexity index is 1490. The number of carbonyl (C=O) groups is 2. The highest BCUT2D eigenvalue weighted by Gasteiger charge is 2.14. The predicted molar refractivity (Wildman–Crippen MR) is 146 cm³/mol. The van der Waals surface area contributed by atoms with E-state index in [1.165, 1.54) is 25.5 Å². The van der Waals surface area contributed by atoms with Crippen LogP contribution in [0.5, 0.6) is 17.2 Å². The number of benzene rings is 2. The minimum absolute atomic E-state index is 0.0745. The van der Waals surface area contributed by atoms with E-state index in [1.54, 1.807) is 12.1 Å². The molecule has 0 fully saturated rings. The summed E-state index contributed by atoms with van der Waals surface area (Å²) in [5, 5.41) is 4.12. The van der Waals surface area contributed by atoms with E-state index in [4.69, 9.17) is 36.0 Å². The number of ether oxygens (including phenoxy) is 3. The molecule has 0 atom stereocenters. The van der Waals surface area contributed by atoms with Crippen LogP contribution in [-0.2, 0) is 11.4 Å². The molecule has 2 aromatic heterocycles. The number of nitrogens with zero attached hydrogens (tertiary/aromatic N) is 2. The number of rotatable bonds is 11. The second kappa shape index (κ2) is 12.2. The predicted octanol–water partition coefficient (Wildman–Crippen LogP) is 4.56. The van der Waals surface area contributed by atoms with E-state index in [2.05, 4.69) is 41.1 Å². The third-order valence-corrected chi connectivity index (χ3v) is 5.90. The number of hydrogen-bond acceptors (Lipinski definition) is 7. The fraction of sp³-hybridized carbons (Fsp3) is 0.179. The van der Waals surface area contributed by atoms with Gasteiger partial charge in [0.2, 0.25) is 0 Å². The van der Waals surface area contributed by atoms with Crippen LogP contribution in [0.4, 0.5) is 0 Å². The molecule has 2 aromatic carbocycles.